The van der Waals surface area contributed by atoms with Crippen molar-refractivity contribution in [2.24, 2.45) is 4.40 Å². The third-order valence-electron chi connectivity index (χ3n) is 6.31. The lowest BCUT2D eigenvalue weighted by molar-refractivity contribution is -0.131. The molecule has 0 radical (unpaired) electrons. The van der Waals surface area contributed by atoms with Gasteiger partial charge in [0.1, 0.15) is 27.9 Å². The van der Waals surface area contributed by atoms with Crippen LogP contribution in [-0.4, -0.2) is 44.8 Å². The van der Waals surface area contributed by atoms with Gasteiger partial charge in [0.25, 0.3) is 15.9 Å². The Balaban J connectivity index is 1.55. The first-order chi connectivity index (χ1) is 18.8. The summed E-state index contributed by atoms with van der Waals surface area (Å²) in [6.07, 6.45) is 0.773. The summed E-state index contributed by atoms with van der Waals surface area (Å²) in [4.78, 5) is 14.9. The molecule has 0 saturated carbocycles. The number of fused-ring (bicyclic) bond motifs is 1. The van der Waals surface area contributed by atoms with Crippen molar-refractivity contribution in [1.29, 1.82) is 0 Å². The molecular weight excluding hydrogens is 566 g/mol. The van der Waals surface area contributed by atoms with Gasteiger partial charge in [0.05, 0.1) is 18.0 Å². The molecule has 208 valence electrons. The molecule has 2 aliphatic heterocycles. The number of nitrogens with one attached hydrogen (secondary N) is 2. The van der Waals surface area contributed by atoms with E-state index in [2.05, 4.69) is 14.4 Å². The van der Waals surface area contributed by atoms with Gasteiger partial charge < -0.3 is 15.3 Å². The van der Waals surface area contributed by atoms with E-state index in [-0.39, 0.29) is 34.8 Å². The number of carbonyl (C=O) groups excluding carboxylic acids is 1. The predicted molar refractivity (Wildman–Crippen MR) is 144 cm³/mol. The number of benzene rings is 3. The van der Waals surface area contributed by atoms with Crippen LogP contribution in [0.2, 0.25) is 0 Å². The number of anilines is 2. The maximum absolute atomic E-state index is 13.9. The first-order valence-electron chi connectivity index (χ1n) is 11.8. The number of halogens is 2. The fraction of sp³-hybridized carbons (Fsp3) is 0.154. The quantitative estimate of drug-likeness (QED) is 0.397. The molecule has 3 aromatic carbocycles. The van der Waals surface area contributed by atoms with Gasteiger partial charge in [-0.3, -0.25) is 9.52 Å². The van der Waals surface area contributed by atoms with Gasteiger partial charge in [-0.25, -0.2) is 17.2 Å². The molecule has 1 unspecified atom stereocenters. The number of rotatable bonds is 6. The number of nitrogens with zero attached hydrogens (tertiary/aromatic N) is 2. The molecular formula is C26H22F2N4O6S2. The second kappa shape index (κ2) is 10.0. The van der Waals surface area contributed by atoms with Crippen LogP contribution in [0.15, 0.2) is 87.4 Å². The molecule has 40 heavy (non-hydrogen) atoms. The number of carbonyl (C=O) groups is 1. The van der Waals surface area contributed by atoms with Crippen molar-refractivity contribution >= 4 is 43.2 Å². The van der Waals surface area contributed by atoms with Crippen LogP contribution in [0.5, 0.6) is 0 Å². The standard InChI is InChI=1S/C26H22F2N4O6S2/c1-39(35,36)30-19-10-11-20-23(12-19)40(37,38)31-25(29-20)24-22(33)13-21(16-4-8-18(28)9-5-16)32(26(24)34)14-15-2-6-17(27)7-3-15/h2-12,21,30,33H,13-14H2,1H3,(H,29,31). The molecule has 0 fully saturated rings. The van der Waals surface area contributed by atoms with E-state index < -0.39 is 55.2 Å². The van der Waals surface area contributed by atoms with Gasteiger partial charge in [-0.1, -0.05) is 24.3 Å². The lowest BCUT2D eigenvalue weighted by atomic mass is 9.92. The summed E-state index contributed by atoms with van der Waals surface area (Å²) in [5.74, 6) is -2.57. The van der Waals surface area contributed by atoms with Gasteiger partial charge >= 0.3 is 0 Å². The zero-order chi connectivity index (χ0) is 28.8. The van der Waals surface area contributed by atoms with Crippen LogP contribution in [0.1, 0.15) is 23.6 Å². The van der Waals surface area contributed by atoms with Crippen molar-refractivity contribution in [3.63, 3.8) is 0 Å². The Morgan fingerprint density at radius 1 is 1.05 bits per heavy atom. The highest BCUT2D eigenvalue weighted by atomic mass is 32.2. The summed E-state index contributed by atoms with van der Waals surface area (Å²) in [6.45, 7) is -0.0327. The van der Waals surface area contributed by atoms with E-state index in [1.807, 2.05) is 0 Å². The van der Waals surface area contributed by atoms with Crippen LogP contribution in [0.25, 0.3) is 0 Å². The lowest BCUT2D eigenvalue weighted by Gasteiger charge is -2.37. The Morgan fingerprint density at radius 3 is 2.30 bits per heavy atom. The zero-order valence-electron chi connectivity index (χ0n) is 20.8. The molecule has 14 heteroatoms. The second-order valence-corrected chi connectivity index (χ2v) is 12.6. The average molecular weight is 589 g/mol. The molecule has 0 spiro atoms. The van der Waals surface area contributed by atoms with Gasteiger partial charge in [-0.05, 0) is 53.6 Å². The van der Waals surface area contributed by atoms with Crippen LogP contribution >= 0.6 is 0 Å². The molecule has 2 aliphatic rings. The van der Waals surface area contributed by atoms with Crippen molar-refractivity contribution in [2.45, 2.75) is 23.9 Å². The van der Waals surface area contributed by atoms with E-state index in [9.17, 15) is 35.5 Å². The number of hydrogen-bond donors (Lipinski definition) is 3. The molecule has 0 aromatic heterocycles. The van der Waals surface area contributed by atoms with Crippen molar-refractivity contribution in [3.05, 3.63) is 101 Å². The minimum absolute atomic E-state index is 0.00584. The lowest BCUT2D eigenvalue weighted by Crippen LogP contribution is -2.43. The third kappa shape index (κ3) is 5.53. The van der Waals surface area contributed by atoms with Gasteiger partial charge in [-0.15, -0.1) is 4.40 Å². The number of aliphatic hydroxyl groups excluding tert-OH is 1. The van der Waals surface area contributed by atoms with E-state index in [0.717, 1.165) is 12.3 Å². The topological polar surface area (TPSA) is 145 Å². The molecule has 5 rings (SSSR count). The van der Waals surface area contributed by atoms with Crippen molar-refractivity contribution in [3.8, 4) is 0 Å². The molecule has 3 aromatic rings. The van der Waals surface area contributed by atoms with E-state index in [1.165, 1.54) is 65.6 Å². The molecule has 10 nitrogen and oxygen atoms in total. The molecule has 3 N–H and O–H groups in total. The van der Waals surface area contributed by atoms with Gasteiger partial charge in [0.15, 0.2) is 5.84 Å². The van der Waals surface area contributed by atoms with Gasteiger partial charge in [0, 0.05) is 18.7 Å². The highest BCUT2D eigenvalue weighted by Crippen LogP contribution is 2.38. The Kier molecular flexibility index (Phi) is 6.84. The first kappa shape index (κ1) is 27.3. The van der Waals surface area contributed by atoms with Crippen LogP contribution in [0.4, 0.5) is 20.2 Å². The maximum Gasteiger partial charge on any atom is 0.286 e. The first-order valence-corrected chi connectivity index (χ1v) is 15.1. The third-order valence-corrected chi connectivity index (χ3v) is 8.23. The van der Waals surface area contributed by atoms with E-state index in [1.54, 1.807) is 0 Å². The van der Waals surface area contributed by atoms with E-state index in [0.29, 0.717) is 11.1 Å². The minimum Gasteiger partial charge on any atom is -0.511 e. The van der Waals surface area contributed by atoms with Crippen LogP contribution < -0.4 is 10.0 Å². The van der Waals surface area contributed by atoms with Crippen LogP contribution in [0, 0.1) is 11.6 Å². The van der Waals surface area contributed by atoms with Crippen molar-refractivity contribution in [1.82, 2.24) is 4.90 Å². The number of aliphatic hydroxyl groups is 1. The number of amidine groups is 1. The fourth-order valence-electron chi connectivity index (χ4n) is 4.54. The number of hydrogen-bond acceptors (Lipinski definition) is 7. The Morgan fingerprint density at radius 2 is 1.68 bits per heavy atom. The highest BCUT2D eigenvalue weighted by Gasteiger charge is 2.40. The molecule has 0 bridgehead atoms. The Hall–Kier alpha value is -4.30. The number of sulfonamides is 2. The predicted octanol–water partition coefficient (Wildman–Crippen LogP) is 3.83. The summed E-state index contributed by atoms with van der Waals surface area (Å²) in [5.41, 5.74) is 0.708. The SMILES string of the molecule is CS(=O)(=O)Nc1ccc2c(c1)S(=O)(=O)N=C(C1=C(O)CC(c3ccc(F)cc3)N(Cc3ccc(F)cc3)C1=O)N2. The summed E-state index contributed by atoms with van der Waals surface area (Å²) < 4.78 is 82.3. The maximum atomic E-state index is 13.9. The summed E-state index contributed by atoms with van der Waals surface area (Å²) in [7, 11) is -8.11. The molecule has 2 heterocycles. The number of amides is 1. The molecule has 1 atom stereocenters. The molecule has 0 saturated heterocycles. The minimum atomic E-state index is -4.43. The summed E-state index contributed by atoms with van der Waals surface area (Å²) in [5, 5.41) is 13.8. The Bertz CT molecular complexity index is 1790. The summed E-state index contributed by atoms with van der Waals surface area (Å²) in [6, 6.07) is 13.8. The summed E-state index contributed by atoms with van der Waals surface area (Å²) >= 11 is 0. The zero-order valence-corrected chi connectivity index (χ0v) is 22.4. The Labute approximate surface area is 228 Å². The molecule has 1 amide bonds. The van der Waals surface area contributed by atoms with Crippen molar-refractivity contribution < 1.29 is 35.5 Å². The monoisotopic (exact) mass is 588 g/mol. The van der Waals surface area contributed by atoms with Crippen LogP contribution in [-0.2, 0) is 31.4 Å². The average Bonchev–Trinajstić information content (AvgIpc) is 2.86. The molecule has 0 aliphatic carbocycles. The smallest absolute Gasteiger partial charge is 0.286 e. The van der Waals surface area contributed by atoms with E-state index >= 15 is 0 Å². The second-order valence-electron chi connectivity index (χ2n) is 9.28. The fourth-order valence-corrected chi connectivity index (χ4v) is 6.24. The van der Waals surface area contributed by atoms with Crippen LogP contribution in [0.3, 0.4) is 0 Å². The van der Waals surface area contributed by atoms with E-state index in [4.69, 9.17) is 0 Å². The largest absolute Gasteiger partial charge is 0.511 e. The normalized spacial score (nSPS) is 18.6. The highest BCUT2D eigenvalue weighted by molar-refractivity contribution is 7.92. The van der Waals surface area contributed by atoms with Gasteiger partial charge in [0.2, 0.25) is 10.0 Å². The van der Waals surface area contributed by atoms with Gasteiger partial charge in [-0.2, -0.15) is 8.42 Å². The van der Waals surface area contributed by atoms with Crippen molar-refractivity contribution in [2.75, 3.05) is 16.3 Å².